The van der Waals surface area contributed by atoms with Gasteiger partial charge in [0.25, 0.3) is 0 Å². The topological polar surface area (TPSA) is 52.0 Å². The van der Waals surface area contributed by atoms with E-state index in [0.717, 1.165) is 17.1 Å². The molecule has 5 heteroatoms. The largest absolute Gasteiger partial charge is 0.494 e. The van der Waals surface area contributed by atoms with E-state index in [9.17, 15) is 0 Å². The number of aromatic nitrogens is 3. The zero-order valence-electron chi connectivity index (χ0n) is 9.34. The Morgan fingerprint density at radius 1 is 1.38 bits per heavy atom. The van der Waals surface area contributed by atoms with Crippen LogP contribution in [0.3, 0.4) is 0 Å². The maximum Gasteiger partial charge on any atom is 0.144 e. The van der Waals surface area contributed by atoms with E-state index in [1.807, 2.05) is 31.3 Å². The molecule has 2 aromatic rings. The van der Waals surface area contributed by atoms with Crippen molar-refractivity contribution in [3.05, 3.63) is 36.2 Å². The first-order chi connectivity index (χ1) is 7.86. The van der Waals surface area contributed by atoms with Crippen LogP contribution in [-0.2, 0) is 6.54 Å². The second kappa shape index (κ2) is 4.76. The average molecular weight is 218 g/mol. The molecule has 0 fully saturated rings. The Bertz CT molecular complexity index is 467. The lowest BCUT2D eigenvalue weighted by atomic mass is 10.3. The fourth-order valence-electron chi connectivity index (χ4n) is 1.57. The quantitative estimate of drug-likeness (QED) is 0.831. The summed E-state index contributed by atoms with van der Waals surface area (Å²) >= 11 is 0. The van der Waals surface area contributed by atoms with Crippen LogP contribution >= 0.6 is 0 Å². The third-order valence-electron chi connectivity index (χ3n) is 2.29. The molecular weight excluding hydrogens is 204 g/mol. The highest BCUT2D eigenvalue weighted by Gasteiger charge is 2.09. The van der Waals surface area contributed by atoms with E-state index in [1.54, 1.807) is 18.0 Å². The normalized spacial score (nSPS) is 10.4. The Labute approximate surface area is 94.0 Å². The number of rotatable bonds is 4. The molecule has 0 saturated carbocycles. The Kier molecular flexibility index (Phi) is 3.16. The van der Waals surface area contributed by atoms with Crippen molar-refractivity contribution in [2.75, 3.05) is 14.2 Å². The number of benzene rings is 1. The van der Waals surface area contributed by atoms with E-state index in [1.165, 1.54) is 0 Å². The van der Waals surface area contributed by atoms with Gasteiger partial charge in [-0.25, -0.2) is 4.68 Å². The van der Waals surface area contributed by atoms with Gasteiger partial charge in [0.1, 0.15) is 11.4 Å². The Balaban J connectivity index is 2.45. The fourth-order valence-corrected chi connectivity index (χ4v) is 1.57. The molecule has 0 aliphatic carbocycles. The lowest BCUT2D eigenvalue weighted by molar-refractivity contribution is 0.411. The van der Waals surface area contributed by atoms with Gasteiger partial charge >= 0.3 is 0 Å². The molecule has 0 saturated heterocycles. The van der Waals surface area contributed by atoms with Crippen LogP contribution in [0.25, 0.3) is 5.69 Å². The van der Waals surface area contributed by atoms with Crippen molar-refractivity contribution < 1.29 is 4.74 Å². The summed E-state index contributed by atoms with van der Waals surface area (Å²) < 4.78 is 7.07. The monoisotopic (exact) mass is 218 g/mol. The van der Waals surface area contributed by atoms with Gasteiger partial charge in [0.2, 0.25) is 0 Å². The van der Waals surface area contributed by atoms with Crippen molar-refractivity contribution >= 4 is 0 Å². The maximum absolute atomic E-state index is 5.29. The summed E-state index contributed by atoms with van der Waals surface area (Å²) in [7, 11) is 3.53. The van der Waals surface area contributed by atoms with Gasteiger partial charge in [0, 0.05) is 6.54 Å². The van der Waals surface area contributed by atoms with Crippen molar-refractivity contribution in [1.29, 1.82) is 0 Å². The number of hydrogen-bond acceptors (Lipinski definition) is 4. The summed E-state index contributed by atoms with van der Waals surface area (Å²) in [5, 5.41) is 11.0. The molecular formula is C11H14N4O. The molecule has 0 unspecified atom stereocenters. The Morgan fingerprint density at radius 2 is 2.19 bits per heavy atom. The molecule has 0 spiro atoms. The molecule has 1 N–H and O–H groups in total. The summed E-state index contributed by atoms with van der Waals surface area (Å²) in [6.07, 6.45) is 1.74. The van der Waals surface area contributed by atoms with Gasteiger partial charge in [-0.15, -0.1) is 5.10 Å². The smallest absolute Gasteiger partial charge is 0.144 e. The maximum atomic E-state index is 5.29. The van der Waals surface area contributed by atoms with E-state index >= 15 is 0 Å². The molecule has 0 aliphatic heterocycles. The first kappa shape index (κ1) is 10.6. The SMILES string of the molecule is CNCc1cnnn1-c1ccccc1OC. The Hall–Kier alpha value is -1.88. The highest BCUT2D eigenvalue weighted by atomic mass is 16.5. The van der Waals surface area contributed by atoms with Crippen LogP contribution < -0.4 is 10.1 Å². The fraction of sp³-hybridized carbons (Fsp3) is 0.273. The van der Waals surface area contributed by atoms with Crippen LogP contribution in [0.1, 0.15) is 5.69 Å². The number of methoxy groups -OCH3 is 1. The van der Waals surface area contributed by atoms with Gasteiger partial charge in [-0.05, 0) is 19.2 Å². The van der Waals surface area contributed by atoms with Gasteiger partial charge in [0.15, 0.2) is 0 Å². The summed E-state index contributed by atoms with van der Waals surface area (Å²) in [4.78, 5) is 0. The van der Waals surface area contributed by atoms with Crippen LogP contribution in [0.4, 0.5) is 0 Å². The predicted molar refractivity (Wildman–Crippen MR) is 60.7 cm³/mol. The minimum Gasteiger partial charge on any atom is -0.494 e. The average Bonchev–Trinajstić information content (AvgIpc) is 2.77. The van der Waals surface area contributed by atoms with Gasteiger partial charge in [-0.3, -0.25) is 0 Å². The summed E-state index contributed by atoms with van der Waals surface area (Å²) in [5.74, 6) is 0.783. The highest BCUT2D eigenvalue weighted by Crippen LogP contribution is 2.22. The molecule has 0 atom stereocenters. The molecule has 0 bridgehead atoms. The second-order valence-corrected chi connectivity index (χ2v) is 3.34. The van der Waals surface area contributed by atoms with Gasteiger partial charge in [-0.1, -0.05) is 17.3 Å². The van der Waals surface area contributed by atoms with Crippen molar-refractivity contribution in [3.8, 4) is 11.4 Å². The van der Waals surface area contributed by atoms with Crippen molar-refractivity contribution in [2.45, 2.75) is 6.54 Å². The van der Waals surface area contributed by atoms with E-state index in [-0.39, 0.29) is 0 Å². The standard InChI is InChI=1S/C11H14N4O/c1-12-7-9-8-13-14-15(9)10-5-3-4-6-11(10)16-2/h3-6,8,12H,7H2,1-2H3. The molecule has 84 valence electrons. The van der Waals surface area contributed by atoms with Crippen molar-refractivity contribution in [2.24, 2.45) is 0 Å². The first-order valence-corrected chi connectivity index (χ1v) is 5.04. The van der Waals surface area contributed by atoms with E-state index in [0.29, 0.717) is 6.54 Å². The Morgan fingerprint density at radius 3 is 2.94 bits per heavy atom. The minimum atomic E-state index is 0.713. The lowest BCUT2D eigenvalue weighted by Crippen LogP contribution is -2.11. The van der Waals surface area contributed by atoms with Crippen LogP contribution in [0.15, 0.2) is 30.5 Å². The molecule has 1 aromatic carbocycles. The zero-order valence-corrected chi connectivity index (χ0v) is 9.34. The minimum absolute atomic E-state index is 0.713. The third-order valence-corrected chi connectivity index (χ3v) is 2.29. The number of nitrogens with zero attached hydrogens (tertiary/aromatic N) is 3. The zero-order chi connectivity index (χ0) is 11.4. The van der Waals surface area contributed by atoms with Crippen LogP contribution in [0.5, 0.6) is 5.75 Å². The van der Waals surface area contributed by atoms with Crippen LogP contribution in [0, 0.1) is 0 Å². The molecule has 1 heterocycles. The van der Waals surface area contributed by atoms with Gasteiger partial charge in [-0.2, -0.15) is 0 Å². The van der Waals surface area contributed by atoms with Crippen LogP contribution in [-0.4, -0.2) is 29.2 Å². The second-order valence-electron chi connectivity index (χ2n) is 3.34. The molecule has 2 rings (SSSR count). The predicted octanol–water partition coefficient (Wildman–Crippen LogP) is 0.995. The summed E-state index contributed by atoms with van der Waals surface area (Å²) in [6.45, 7) is 0.713. The van der Waals surface area contributed by atoms with E-state index in [2.05, 4.69) is 15.6 Å². The number of nitrogens with one attached hydrogen (secondary N) is 1. The molecule has 16 heavy (non-hydrogen) atoms. The van der Waals surface area contributed by atoms with E-state index in [4.69, 9.17) is 4.74 Å². The summed E-state index contributed by atoms with van der Waals surface area (Å²) in [6, 6.07) is 7.73. The molecule has 5 nitrogen and oxygen atoms in total. The number of para-hydroxylation sites is 2. The summed E-state index contributed by atoms with van der Waals surface area (Å²) in [5.41, 5.74) is 1.89. The lowest BCUT2D eigenvalue weighted by Gasteiger charge is -2.09. The number of hydrogen-bond donors (Lipinski definition) is 1. The molecule has 0 amide bonds. The highest BCUT2D eigenvalue weighted by molar-refractivity contribution is 5.46. The van der Waals surface area contributed by atoms with Crippen LogP contribution in [0.2, 0.25) is 0 Å². The molecule has 0 radical (unpaired) electrons. The van der Waals surface area contributed by atoms with E-state index < -0.39 is 0 Å². The van der Waals surface area contributed by atoms with Gasteiger partial charge < -0.3 is 10.1 Å². The molecule has 1 aromatic heterocycles. The third kappa shape index (κ3) is 1.90. The first-order valence-electron chi connectivity index (χ1n) is 5.04. The molecule has 0 aliphatic rings. The van der Waals surface area contributed by atoms with Crippen molar-refractivity contribution in [3.63, 3.8) is 0 Å². The van der Waals surface area contributed by atoms with Gasteiger partial charge in [0.05, 0.1) is 19.0 Å². The van der Waals surface area contributed by atoms with Crippen molar-refractivity contribution in [1.82, 2.24) is 20.3 Å². The number of ether oxygens (including phenoxy) is 1.